The molecule has 3 rings (SSSR count). The third kappa shape index (κ3) is 4.30. The number of aryl methyl sites for hydroxylation is 1. The van der Waals surface area contributed by atoms with Crippen LogP contribution in [0.4, 0.5) is 0 Å². The molecule has 0 aliphatic heterocycles. The number of nitrogens with one attached hydrogen (secondary N) is 1. The van der Waals surface area contributed by atoms with Crippen LogP contribution in [0.1, 0.15) is 17.5 Å². The van der Waals surface area contributed by atoms with E-state index in [4.69, 9.17) is 4.42 Å². The molecule has 0 unspecified atom stereocenters. The Morgan fingerprint density at radius 2 is 1.87 bits per heavy atom. The van der Waals surface area contributed by atoms with Crippen LogP contribution in [0, 0.1) is 0 Å². The number of nitrogens with zero attached hydrogens (tertiary/aromatic N) is 1. The van der Waals surface area contributed by atoms with Crippen molar-refractivity contribution in [1.29, 1.82) is 0 Å². The summed E-state index contributed by atoms with van der Waals surface area (Å²) in [7, 11) is 0. The van der Waals surface area contributed by atoms with E-state index < -0.39 is 0 Å². The highest BCUT2D eigenvalue weighted by Crippen LogP contribution is 2.17. The molecule has 0 bridgehead atoms. The molecule has 2 heterocycles. The van der Waals surface area contributed by atoms with Gasteiger partial charge in [0.15, 0.2) is 5.76 Å². The molecular weight excluding hydrogens is 288 g/mol. The zero-order chi connectivity index (χ0) is 15.9. The van der Waals surface area contributed by atoms with Crippen molar-refractivity contribution in [2.45, 2.75) is 19.4 Å². The van der Waals surface area contributed by atoms with E-state index in [-0.39, 0.29) is 5.91 Å². The number of carbonyl (C=O) groups excluding carboxylic acids is 1. The molecule has 23 heavy (non-hydrogen) atoms. The summed E-state index contributed by atoms with van der Waals surface area (Å²) in [6.07, 6.45) is 4.62. The summed E-state index contributed by atoms with van der Waals surface area (Å²) in [6, 6.07) is 17.6. The third-order valence-electron chi connectivity index (χ3n) is 3.57. The second kappa shape index (κ2) is 7.40. The minimum atomic E-state index is 0.0453. The first-order valence-electron chi connectivity index (χ1n) is 7.61. The predicted octanol–water partition coefficient (Wildman–Crippen LogP) is 3.59. The molecule has 2 aromatic heterocycles. The number of pyridine rings is 1. The summed E-state index contributed by atoms with van der Waals surface area (Å²) in [5.41, 5.74) is 2.93. The predicted molar refractivity (Wildman–Crippen MR) is 88.5 cm³/mol. The first-order valence-corrected chi connectivity index (χ1v) is 7.61. The van der Waals surface area contributed by atoms with E-state index in [0.717, 1.165) is 23.4 Å². The van der Waals surface area contributed by atoms with Crippen LogP contribution in [0.5, 0.6) is 0 Å². The number of hydrogen-bond donors (Lipinski definition) is 1. The maximum Gasteiger partial charge on any atom is 0.220 e. The Bertz CT molecular complexity index is 735. The first-order chi connectivity index (χ1) is 11.3. The lowest BCUT2D eigenvalue weighted by atomic mass is 10.1. The fraction of sp³-hybridized carbons (Fsp3) is 0.158. The standard InChI is InChI=1S/C19H18N2O2/c22-19(11-9-15-5-2-1-3-6-15)21-14-16-8-10-17(20-13-16)18-7-4-12-23-18/h1-8,10,12-13H,9,11,14H2,(H,21,22). The number of aromatic nitrogens is 1. The highest BCUT2D eigenvalue weighted by Gasteiger charge is 2.04. The number of benzene rings is 1. The monoisotopic (exact) mass is 306 g/mol. The quantitative estimate of drug-likeness (QED) is 0.757. The maximum absolute atomic E-state index is 11.9. The molecule has 0 fully saturated rings. The van der Waals surface area contributed by atoms with Crippen LogP contribution < -0.4 is 5.32 Å². The Morgan fingerprint density at radius 1 is 1.00 bits per heavy atom. The molecule has 0 radical (unpaired) electrons. The second-order valence-electron chi connectivity index (χ2n) is 5.29. The number of hydrogen-bond acceptors (Lipinski definition) is 3. The van der Waals surface area contributed by atoms with Crippen LogP contribution in [-0.2, 0) is 17.8 Å². The van der Waals surface area contributed by atoms with Gasteiger partial charge in [-0.1, -0.05) is 36.4 Å². The van der Waals surface area contributed by atoms with E-state index in [2.05, 4.69) is 10.3 Å². The molecule has 0 saturated heterocycles. The Kier molecular flexibility index (Phi) is 4.84. The van der Waals surface area contributed by atoms with Crippen molar-refractivity contribution in [2.24, 2.45) is 0 Å². The van der Waals surface area contributed by atoms with Gasteiger partial charge < -0.3 is 9.73 Å². The van der Waals surface area contributed by atoms with Gasteiger partial charge in [-0.05, 0) is 35.7 Å². The third-order valence-corrected chi connectivity index (χ3v) is 3.57. The van der Waals surface area contributed by atoms with E-state index >= 15 is 0 Å². The van der Waals surface area contributed by atoms with Crippen molar-refractivity contribution in [2.75, 3.05) is 0 Å². The fourth-order valence-corrected chi connectivity index (χ4v) is 2.29. The van der Waals surface area contributed by atoms with E-state index in [9.17, 15) is 4.79 Å². The van der Waals surface area contributed by atoms with Gasteiger partial charge in [-0.15, -0.1) is 0 Å². The minimum absolute atomic E-state index is 0.0453. The molecule has 4 nitrogen and oxygen atoms in total. The molecule has 1 amide bonds. The fourth-order valence-electron chi connectivity index (χ4n) is 2.29. The Morgan fingerprint density at radius 3 is 2.57 bits per heavy atom. The molecule has 0 atom stereocenters. The molecular formula is C19H18N2O2. The van der Waals surface area contributed by atoms with Gasteiger partial charge in [-0.2, -0.15) is 0 Å². The number of amides is 1. The average molecular weight is 306 g/mol. The summed E-state index contributed by atoms with van der Waals surface area (Å²) in [6.45, 7) is 0.485. The zero-order valence-corrected chi connectivity index (χ0v) is 12.7. The van der Waals surface area contributed by atoms with Gasteiger partial charge in [0, 0.05) is 19.2 Å². The van der Waals surface area contributed by atoms with E-state index in [0.29, 0.717) is 13.0 Å². The molecule has 0 aliphatic carbocycles. The van der Waals surface area contributed by atoms with Gasteiger partial charge in [-0.25, -0.2) is 0 Å². The van der Waals surface area contributed by atoms with Gasteiger partial charge in [0.2, 0.25) is 5.91 Å². The molecule has 1 N–H and O–H groups in total. The summed E-state index contributed by atoms with van der Waals surface area (Å²) in [5, 5.41) is 2.92. The van der Waals surface area contributed by atoms with Gasteiger partial charge in [0.1, 0.15) is 5.69 Å². The smallest absolute Gasteiger partial charge is 0.220 e. The SMILES string of the molecule is O=C(CCc1ccccc1)NCc1ccc(-c2ccco2)nc1. The lowest BCUT2D eigenvalue weighted by molar-refractivity contribution is -0.121. The van der Waals surface area contributed by atoms with Gasteiger partial charge >= 0.3 is 0 Å². The molecule has 0 saturated carbocycles. The highest BCUT2D eigenvalue weighted by molar-refractivity contribution is 5.76. The first kappa shape index (κ1) is 15.0. The summed E-state index contributed by atoms with van der Waals surface area (Å²) < 4.78 is 5.30. The van der Waals surface area contributed by atoms with Crippen molar-refractivity contribution in [1.82, 2.24) is 10.3 Å². The van der Waals surface area contributed by atoms with Crippen LogP contribution in [-0.4, -0.2) is 10.9 Å². The Labute approximate surface area is 135 Å². The zero-order valence-electron chi connectivity index (χ0n) is 12.7. The van der Waals surface area contributed by atoms with E-state index in [1.54, 1.807) is 12.5 Å². The number of carbonyl (C=O) groups is 1. The average Bonchev–Trinajstić information content (AvgIpc) is 3.14. The molecule has 116 valence electrons. The lowest BCUT2D eigenvalue weighted by Gasteiger charge is -2.06. The molecule has 0 spiro atoms. The van der Waals surface area contributed by atoms with E-state index in [1.807, 2.05) is 54.6 Å². The van der Waals surface area contributed by atoms with Crippen molar-refractivity contribution in [3.63, 3.8) is 0 Å². The molecule has 4 heteroatoms. The molecule has 1 aromatic carbocycles. The largest absolute Gasteiger partial charge is 0.463 e. The lowest BCUT2D eigenvalue weighted by Crippen LogP contribution is -2.23. The Hall–Kier alpha value is -2.88. The maximum atomic E-state index is 11.9. The highest BCUT2D eigenvalue weighted by atomic mass is 16.3. The summed E-state index contributed by atoms with van der Waals surface area (Å²) >= 11 is 0. The van der Waals surface area contributed by atoms with Crippen molar-refractivity contribution in [3.05, 3.63) is 78.2 Å². The van der Waals surface area contributed by atoms with Crippen LogP contribution >= 0.6 is 0 Å². The van der Waals surface area contributed by atoms with Crippen LogP contribution in [0.15, 0.2) is 71.5 Å². The van der Waals surface area contributed by atoms with Crippen LogP contribution in [0.25, 0.3) is 11.5 Å². The number of furan rings is 1. The minimum Gasteiger partial charge on any atom is -0.463 e. The molecule has 3 aromatic rings. The summed E-state index contributed by atoms with van der Waals surface area (Å²) in [4.78, 5) is 16.2. The number of rotatable bonds is 6. The van der Waals surface area contributed by atoms with Crippen LogP contribution in [0.3, 0.4) is 0 Å². The summed E-state index contributed by atoms with van der Waals surface area (Å²) in [5.74, 6) is 0.785. The Balaban J connectivity index is 1.47. The normalized spacial score (nSPS) is 10.4. The van der Waals surface area contributed by atoms with Crippen molar-refractivity contribution >= 4 is 5.91 Å². The van der Waals surface area contributed by atoms with Gasteiger partial charge in [0.05, 0.1) is 6.26 Å². The van der Waals surface area contributed by atoms with Gasteiger partial charge in [-0.3, -0.25) is 9.78 Å². The molecule has 0 aliphatic rings. The van der Waals surface area contributed by atoms with E-state index in [1.165, 1.54) is 5.56 Å². The second-order valence-corrected chi connectivity index (χ2v) is 5.29. The van der Waals surface area contributed by atoms with Crippen molar-refractivity contribution < 1.29 is 9.21 Å². The van der Waals surface area contributed by atoms with Crippen LogP contribution in [0.2, 0.25) is 0 Å². The topological polar surface area (TPSA) is 55.1 Å². The van der Waals surface area contributed by atoms with Crippen molar-refractivity contribution in [3.8, 4) is 11.5 Å². The van der Waals surface area contributed by atoms with Gasteiger partial charge in [0.25, 0.3) is 0 Å².